The van der Waals surface area contributed by atoms with E-state index in [1.54, 1.807) is 40.6 Å². The van der Waals surface area contributed by atoms with Gasteiger partial charge in [-0.05, 0) is 68.3 Å². The normalized spacial score (nSPS) is 29.1. The molecule has 0 unspecified atom stereocenters. The van der Waals surface area contributed by atoms with Crippen molar-refractivity contribution in [2.45, 2.75) is 30.6 Å². The molecule has 2 aliphatic heterocycles. The molecular weight excluding hydrogens is 402 g/mol. The van der Waals surface area contributed by atoms with Crippen LogP contribution in [0.5, 0.6) is 5.75 Å². The largest absolute Gasteiger partial charge is 0.497 e. The van der Waals surface area contributed by atoms with E-state index in [-0.39, 0.29) is 16.7 Å². The highest BCUT2D eigenvalue weighted by Gasteiger charge is 2.64. The molecule has 1 saturated carbocycles. The van der Waals surface area contributed by atoms with Crippen molar-refractivity contribution >= 4 is 15.9 Å². The molecule has 0 N–H and O–H groups in total. The van der Waals surface area contributed by atoms with E-state index in [2.05, 4.69) is 11.9 Å². The minimum Gasteiger partial charge on any atom is -0.497 e. The van der Waals surface area contributed by atoms with Gasteiger partial charge < -0.3 is 14.5 Å². The first kappa shape index (κ1) is 21.6. The molecule has 2 heterocycles. The van der Waals surface area contributed by atoms with Crippen LogP contribution in [0.4, 0.5) is 0 Å². The number of piperidine rings is 1. The maximum Gasteiger partial charge on any atom is 0.243 e. The molecule has 3 aliphatic rings. The van der Waals surface area contributed by atoms with E-state index >= 15 is 0 Å². The fraction of sp³-hybridized carbons (Fsp3) is 0.682. The second-order valence-electron chi connectivity index (χ2n) is 9.55. The number of fused-ring (bicyclic) bond motifs is 2. The van der Waals surface area contributed by atoms with Crippen LogP contribution in [0.25, 0.3) is 0 Å². The van der Waals surface area contributed by atoms with Crippen molar-refractivity contribution in [3.05, 3.63) is 24.3 Å². The summed E-state index contributed by atoms with van der Waals surface area (Å²) < 4.78 is 33.1. The molecule has 7 nitrogen and oxygen atoms in total. The van der Waals surface area contributed by atoms with Crippen molar-refractivity contribution in [3.63, 3.8) is 0 Å². The number of likely N-dealkylation sites (tertiary alicyclic amines) is 1. The maximum absolute atomic E-state index is 13.2. The lowest BCUT2D eigenvalue weighted by molar-refractivity contribution is -0.141. The Hall–Kier alpha value is -1.64. The van der Waals surface area contributed by atoms with E-state index in [0.29, 0.717) is 29.7 Å². The molecular formula is C22H33N3O4S. The fourth-order valence-electron chi connectivity index (χ4n) is 6.26. The Morgan fingerprint density at radius 3 is 2.30 bits per heavy atom. The van der Waals surface area contributed by atoms with Crippen molar-refractivity contribution < 1.29 is 17.9 Å². The van der Waals surface area contributed by atoms with Gasteiger partial charge in [-0.15, -0.1) is 0 Å². The lowest BCUT2D eigenvalue weighted by Gasteiger charge is -2.44. The molecule has 166 valence electrons. The quantitative estimate of drug-likeness (QED) is 0.723. The number of methoxy groups -OCH3 is 1. The third kappa shape index (κ3) is 3.24. The van der Waals surface area contributed by atoms with E-state index in [1.165, 1.54) is 0 Å². The number of amides is 1. The molecule has 3 fully saturated rings. The number of benzene rings is 1. The molecule has 8 heteroatoms. The van der Waals surface area contributed by atoms with Crippen LogP contribution in [-0.4, -0.2) is 82.9 Å². The van der Waals surface area contributed by atoms with Crippen molar-refractivity contribution in [1.82, 2.24) is 14.1 Å². The first-order valence-corrected chi connectivity index (χ1v) is 12.1. The van der Waals surface area contributed by atoms with Crippen LogP contribution in [0, 0.1) is 16.7 Å². The van der Waals surface area contributed by atoms with Crippen LogP contribution < -0.4 is 4.74 Å². The van der Waals surface area contributed by atoms with Crippen LogP contribution >= 0.6 is 0 Å². The first-order valence-electron chi connectivity index (χ1n) is 10.7. The van der Waals surface area contributed by atoms with Gasteiger partial charge in [0.2, 0.25) is 15.9 Å². The van der Waals surface area contributed by atoms with Gasteiger partial charge in [0.1, 0.15) is 5.75 Å². The van der Waals surface area contributed by atoms with Crippen LogP contribution in [0.3, 0.4) is 0 Å². The number of ether oxygens (including phenoxy) is 1. The van der Waals surface area contributed by atoms with Gasteiger partial charge in [0, 0.05) is 40.3 Å². The van der Waals surface area contributed by atoms with Gasteiger partial charge in [0.15, 0.2) is 0 Å². The summed E-state index contributed by atoms with van der Waals surface area (Å²) in [4.78, 5) is 17.5. The molecule has 30 heavy (non-hydrogen) atoms. The summed E-state index contributed by atoms with van der Waals surface area (Å²) in [5.41, 5.74) is -0.252. The summed E-state index contributed by atoms with van der Waals surface area (Å²) in [6.07, 6.45) is 3.57. The Morgan fingerprint density at radius 1 is 1.10 bits per heavy atom. The zero-order chi connectivity index (χ0) is 21.7. The molecule has 2 atom stereocenters. The highest BCUT2D eigenvalue weighted by molar-refractivity contribution is 7.89. The van der Waals surface area contributed by atoms with Crippen molar-refractivity contribution in [3.8, 4) is 5.75 Å². The SMILES string of the molecule is COc1ccc(S(=O)(=O)N2CCC3(CC2)CC[C@]2(C(=O)N(C)C)CN(C)C[C@H]32)cc1. The minimum atomic E-state index is -3.52. The Labute approximate surface area is 180 Å². The lowest BCUT2D eigenvalue weighted by Crippen LogP contribution is -2.49. The number of carbonyl (C=O) groups excluding carboxylic acids is 1. The topological polar surface area (TPSA) is 70.2 Å². The minimum absolute atomic E-state index is 0.0579. The average Bonchev–Trinajstić information content (AvgIpc) is 3.22. The van der Waals surface area contributed by atoms with E-state index in [4.69, 9.17) is 4.74 Å². The van der Waals surface area contributed by atoms with Crippen LogP contribution in [0.2, 0.25) is 0 Å². The molecule has 1 amide bonds. The maximum atomic E-state index is 13.2. The molecule has 1 aromatic carbocycles. The van der Waals surface area contributed by atoms with E-state index in [9.17, 15) is 13.2 Å². The van der Waals surface area contributed by atoms with Crippen molar-refractivity contribution in [2.24, 2.45) is 16.7 Å². The number of nitrogens with zero attached hydrogens (tertiary/aromatic N) is 3. The van der Waals surface area contributed by atoms with Gasteiger partial charge >= 0.3 is 0 Å². The number of hydrogen-bond donors (Lipinski definition) is 0. The Balaban J connectivity index is 1.53. The summed E-state index contributed by atoms with van der Waals surface area (Å²) in [6.45, 7) is 2.76. The summed E-state index contributed by atoms with van der Waals surface area (Å²) in [7, 11) is 3.84. The highest BCUT2D eigenvalue weighted by Crippen LogP contribution is 2.62. The predicted octanol–water partition coefficient (Wildman–Crippen LogP) is 1.90. The van der Waals surface area contributed by atoms with Gasteiger partial charge in [-0.2, -0.15) is 4.31 Å². The molecule has 0 aromatic heterocycles. The number of rotatable bonds is 4. The van der Waals surface area contributed by atoms with E-state index in [0.717, 1.165) is 38.8 Å². The third-order valence-corrected chi connectivity index (χ3v) is 9.68. The lowest BCUT2D eigenvalue weighted by atomic mass is 9.66. The molecule has 1 spiro atoms. The van der Waals surface area contributed by atoms with Gasteiger partial charge in [-0.25, -0.2) is 8.42 Å². The standard InChI is InChI=1S/C22H33N3O4S/c1-23(2)20(26)22-10-9-21(19(22)15-24(3)16-22)11-13-25(14-12-21)30(27,28)18-7-5-17(29-4)6-8-18/h5-8,19H,9-16H2,1-4H3/t19-,22+/m1/s1. The van der Waals surface area contributed by atoms with E-state index in [1.807, 2.05) is 14.1 Å². The second-order valence-corrected chi connectivity index (χ2v) is 11.5. The zero-order valence-corrected chi connectivity index (χ0v) is 19.2. The van der Waals surface area contributed by atoms with Gasteiger partial charge in [0.05, 0.1) is 17.4 Å². The summed E-state index contributed by atoms with van der Waals surface area (Å²) >= 11 is 0. The van der Waals surface area contributed by atoms with Gasteiger partial charge in [0.25, 0.3) is 0 Å². The van der Waals surface area contributed by atoms with Crippen LogP contribution in [-0.2, 0) is 14.8 Å². The molecule has 0 radical (unpaired) electrons. The summed E-state index contributed by atoms with van der Waals surface area (Å²) in [5, 5.41) is 0. The van der Waals surface area contributed by atoms with Crippen molar-refractivity contribution in [2.75, 3.05) is 54.4 Å². The zero-order valence-electron chi connectivity index (χ0n) is 18.4. The number of carbonyl (C=O) groups is 1. The second kappa shape index (κ2) is 7.50. The third-order valence-electron chi connectivity index (χ3n) is 7.77. The summed E-state index contributed by atoms with van der Waals surface area (Å²) in [5.74, 6) is 1.18. The average molecular weight is 436 g/mol. The molecule has 1 aliphatic carbocycles. The van der Waals surface area contributed by atoms with Gasteiger partial charge in [-0.1, -0.05) is 0 Å². The summed E-state index contributed by atoms with van der Waals surface area (Å²) in [6, 6.07) is 6.59. The monoisotopic (exact) mass is 435 g/mol. The number of hydrogen-bond acceptors (Lipinski definition) is 5. The Bertz CT molecular complexity index is 907. The van der Waals surface area contributed by atoms with Gasteiger partial charge in [-0.3, -0.25) is 4.79 Å². The van der Waals surface area contributed by atoms with Crippen LogP contribution in [0.1, 0.15) is 25.7 Å². The number of sulfonamides is 1. The molecule has 1 aromatic rings. The first-order chi connectivity index (χ1) is 14.1. The highest BCUT2D eigenvalue weighted by atomic mass is 32.2. The smallest absolute Gasteiger partial charge is 0.243 e. The Morgan fingerprint density at radius 2 is 1.73 bits per heavy atom. The van der Waals surface area contributed by atoms with Crippen molar-refractivity contribution in [1.29, 1.82) is 0 Å². The fourth-order valence-corrected chi connectivity index (χ4v) is 7.70. The molecule has 4 rings (SSSR count). The van der Waals surface area contributed by atoms with E-state index < -0.39 is 10.0 Å². The van der Waals surface area contributed by atoms with Crippen LogP contribution in [0.15, 0.2) is 29.2 Å². The molecule has 2 saturated heterocycles. The Kier molecular flexibility index (Phi) is 5.39. The molecule has 0 bridgehead atoms. The predicted molar refractivity (Wildman–Crippen MR) is 115 cm³/mol.